The van der Waals surface area contributed by atoms with Crippen molar-refractivity contribution >= 4 is 11.8 Å². The molecular formula is C27H37N5O4. The second-order valence-corrected chi connectivity index (χ2v) is 9.56. The lowest BCUT2D eigenvalue weighted by Crippen LogP contribution is -2.54. The molecule has 194 valence electrons. The van der Waals surface area contributed by atoms with Gasteiger partial charge in [-0.1, -0.05) is 6.92 Å². The first-order valence-electron chi connectivity index (χ1n) is 12.9. The van der Waals surface area contributed by atoms with E-state index in [-0.39, 0.29) is 12.5 Å². The Bertz CT molecular complexity index is 1010. The van der Waals surface area contributed by atoms with Crippen LogP contribution < -0.4 is 15.5 Å². The molecule has 2 aromatic rings. The molecule has 3 N–H and O–H groups in total. The summed E-state index contributed by atoms with van der Waals surface area (Å²) in [6.07, 6.45) is 6.27. The first kappa shape index (κ1) is 26.1. The number of nitrogens with one attached hydrogen (secondary N) is 2. The number of carbonyl (C=O) groups excluding carboxylic acids is 2. The van der Waals surface area contributed by atoms with Crippen LogP contribution in [0.2, 0.25) is 0 Å². The van der Waals surface area contributed by atoms with E-state index in [1.54, 1.807) is 29.7 Å². The van der Waals surface area contributed by atoms with Crippen LogP contribution in [0.5, 0.6) is 5.75 Å². The number of pyridine rings is 1. The van der Waals surface area contributed by atoms with E-state index < -0.39 is 11.9 Å². The van der Waals surface area contributed by atoms with E-state index in [1.807, 2.05) is 17.2 Å². The molecule has 2 amide bonds. The van der Waals surface area contributed by atoms with Crippen molar-refractivity contribution < 1.29 is 19.5 Å². The molecule has 1 aromatic heterocycles. The van der Waals surface area contributed by atoms with Gasteiger partial charge in [-0.3, -0.25) is 24.7 Å². The van der Waals surface area contributed by atoms with Crippen molar-refractivity contribution in [3.63, 3.8) is 0 Å². The van der Waals surface area contributed by atoms with Crippen molar-refractivity contribution in [3.05, 3.63) is 59.4 Å². The zero-order chi connectivity index (χ0) is 25.3. The average molecular weight is 496 g/mol. The van der Waals surface area contributed by atoms with Crippen LogP contribution in [0.1, 0.15) is 60.1 Å². The number of hydroxylamine groups is 1. The van der Waals surface area contributed by atoms with Crippen LogP contribution in [0.4, 0.5) is 0 Å². The fourth-order valence-corrected chi connectivity index (χ4v) is 4.58. The minimum Gasteiger partial charge on any atom is -0.489 e. The van der Waals surface area contributed by atoms with Crippen LogP contribution in [0.15, 0.2) is 42.6 Å². The van der Waals surface area contributed by atoms with Gasteiger partial charge in [-0.05, 0) is 87.3 Å². The summed E-state index contributed by atoms with van der Waals surface area (Å²) in [6, 6.07) is 10.4. The summed E-state index contributed by atoms with van der Waals surface area (Å²) < 4.78 is 5.89. The molecule has 1 saturated heterocycles. The minimum atomic E-state index is -0.640. The van der Waals surface area contributed by atoms with Gasteiger partial charge in [0.25, 0.3) is 11.8 Å². The van der Waals surface area contributed by atoms with Crippen molar-refractivity contribution in [2.75, 3.05) is 39.3 Å². The monoisotopic (exact) mass is 495 g/mol. The molecule has 1 atom stereocenters. The van der Waals surface area contributed by atoms with Crippen molar-refractivity contribution in [1.29, 1.82) is 0 Å². The quantitative estimate of drug-likeness (QED) is 0.344. The molecule has 2 fully saturated rings. The zero-order valence-corrected chi connectivity index (χ0v) is 21.0. The van der Waals surface area contributed by atoms with Crippen molar-refractivity contribution in [2.24, 2.45) is 0 Å². The van der Waals surface area contributed by atoms with E-state index in [0.717, 1.165) is 50.3 Å². The predicted octanol–water partition coefficient (Wildman–Crippen LogP) is 2.56. The molecule has 0 bridgehead atoms. The Labute approximate surface area is 212 Å². The van der Waals surface area contributed by atoms with Gasteiger partial charge in [0.15, 0.2) is 0 Å². The van der Waals surface area contributed by atoms with Gasteiger partial charge in [0, 0.05) is 43.0 Å². The Balaban J connectivity index is 1.30. The fourth-order valence-electron chi connectivity index (χ4n) is 4.58. The van der Waals surface area contributed by atoms with Crippen LogP contribution in [-0.2, 0) is 11.4 Å². The SMILES string of the molecule is CCN1CCCCN([C@@H](CNC(=O)c2ccc(OCc3ccnc(C4CC4)c3)cc2)C(=O)NO)CC1. The summed E-state index contributed by atoms with van der Waals surface area (Å²) in [5.41, 5.74) is 4.46. The predicted molar refractivity (Wildman–Crippen MR) is 136 cm³/mol. The minimum absolute atomic E-state index is 0.112. The second-order valence-electron chi connectivity index (χ2n) is 9.56. The molecule has 2 heterocycles. The van der Waals surface area contributed by atoms with Crippen LogP contribution in [0.3, 0.4) is 0 Å². The van der Waals surface area contributed by atoms with Gasteiger partial charge >= 0.3 is 0 Å². The van der Waals surface area contributed by atoms with Gasteiger partial charge in [-0.25, -0.2) is 5.48 Å². The highest BCUT2D eigenvalue weighted by molar-refractivity contribution is 5.94. The van der Waals surface area contributed by atoms with E-state index in [9.17, 15) is 14.8 Å². The van der Waals surface area contributed by atoms with E-state index >= 15 is 0 Å². The maximum Gasteiger partial charge on any atom is 0.262 e. The number of likely N-dealkylation sites (N-methyl/N-ethyl adjacent to an activating group) is 1. The van der Waals surface area contributed by atoms with Gasteiger partial charge in [0.05, 0.1) is 0 Å². The third-order valence-corrected chi connectivity index (χ3v) is 6.99. The summed E-state index contributed by atoms with van der Waals surface area (Å²) in [5, 5.41) is 12.1. The van der Waals surface area contributed by atoms with Gasteiger partial charge in [-0.15, -0.1) is 0 Å². The van der Waals surface area contributed by atoms with Crippen LogP contribution >= 0.6 is 0 Å². The molecule has 0 unspecified atom stereocenters. The third-order valence-electron chi connectivity index (χ3n) is 6.99. The van der Waals surface area contributed by atoms with Crippen LogP contribution in [0, 0.1) is 0 Å². The highest BCUT2D eigenvalue weighted by Gasteiger charge is 2.28. The Morgan fingerprint density at radius 2 is 1.89 bits per heavy atom. The first-order chi connectivity index (χ1) is 17.6. The van der Waals surface area contributed by atoms with E-state index in [0.29, 0.717) is 30.4 Å². The maximum absolute atomic E-state index is 12.8. The summed E-state index contributed by atoms with van der Waals surface area (Å²) in [7, 11) is 0. The number of rotatable bonds is 10. The zero-order valence-electron chi connectivity index (χ0n) is 21.0. The molecule has 1 aliphatic carbocycles. The highest BCUT2D eigenvalue weighted by Crippen LogP contribution is 2.39. The lowest BCUT2D eigenvalue weighted by molar-refractivity contribution is -0.134. The largest absolute Gasteiger partial charge is 0.489 e. The number of hydrogen-bond acceptors (Lipinski definition) is 7. The molecule has 1 saturated carbocycles. The maximum atomic E-state index is 12.8. The molecule has 1 aliphatic heterocycles. The molecule has 0 spiro atoms. The third kappa shape index (κ3) is 7.25. The molecule has 36 heavy (non-hydrogen) atoms. The molecule has 2 aliphatic rings. The number of carbonyl (C=O) groups is 2. The van der Waals surface area contributed by atoms with Crippen LogP contribution in [-0.4, -0.2) is 77.1 Å². The standard InChI is InChI=1S/C27H37N5O4/c1-2-31-13-3-4-14-32(16-15-31)25(27(34)30-35)18-29-26(33)22-7-9-23(10-8-22)36-19-20-11-12-28-24(17-20)21-5-6-21/h7-12,17,21,25,35H,2-6,13-16,18-19H2,1H3,(H,29,33)(H,30,34)/t25-/m0/s1. The van der Waals surface area contributed by atoms with Gasteiger partial charge < -0.3 is 15.0 Å². The van der Waals surface area contributed by atoms with Gasteiger partial charge in [0.1, 0.15) is 18.4 Å². The van der Waals surface area contributed by atoms with E-state index in [4.69, 9.17) is 4.74 Å². The van der Waals surface area contributed by atoms with Crippen molar-refractivity contribution in [1.82, 2.24) is 25.6 Å². The molecule has 0 radical (unpaired) electrons. The van der Waals surface area contributed by atoms with E-state index in [2.05, 4.69) is 28.2 Å². The molecule has 1 aromatic carbocycles. The molecule has 9 nitrogen and oxygen atoms in total. The summed E-state index contributed by atoms with van der Waals surface area (Å²) in [4.78, 5) is 34.0. The Kier molecular flexibility index (Phi) is 9.27. The molecule has 4 rings (SSSR count). The number of nitrogens with zero attached hydrogens (tertiary/aromatic N) is 3. The van der Waals surface area contributed by atoms with E-state index in [1.165, 1.54) is 12.8 Å². The normalized spacial score (nSPS) is 18.1. The number of hydrogen-bond donors (Lipinski definition) is 3. The lowest BCUT2D eigenvalue weighted by atomic mass is 10.1. The molecular weight excluding hydrogens is 458 g/mol. The summed E-state index contributed by atoms with van der Waals surface area (Å²) in [5.74, 6) is 0.488. The highest BCUT2D eigenvalue weighted by atomic mass is 16.5. The van der Waals surface area contributed by atoms with Gasteiger partial charge in [0.2, 0.25) is 0 Å². The first-order valence-corrected chi connectivity index (χ1v) is 12.9. The van der Waals surface area contributed by atoms with Crippen LogP contribution in [0.25, 0.3) is 0 Å². The second kappa shape index (κ2) is 12.8. The summed E-state index contributed by atoms with van der Waals surface area (Å²) in [6.45, 7) is 7.00. The van der Waals surface area contributed by atoms with Crippen molar-refractivity contribution in [2.45, 2.75) is 51.2 Å². The summed E-state index contributed by atoms with van der Waals surface area (Å²) >= 11 is 0. The van der Waals surface area contributed by atoms with Gasteiger partial charge in [-0.2, -0.15) is 0 Å². The number of aromatic nitrogens is 1. The lowest BCUT2D eigenvalue weighted by Gasteiger charge is -2.34. The smallest absolute Gasteiger partial charge is 0.262 e. The topological polar surface area (TPSA) is 107 Å². The number of ether oxygens (including phenoxy) is 1. The Morgan fingerprint density at radius 1 is 1.11 bits per heavy atom. The Hall–Kier alpha value is -3.01. The average Bonchev–Trinajstić information content (AvgIpc) is 3.74. The molecule has 9 heteroatoms. The number of amides is 2. The number of benzene rings is 1. The fraction of sp³-hybridized carbons (Fsp3) is 0.519. The van der Waals surface area contributed by atoms with Crippen molar-refractivity contribution in [3.8, 4) is 5.75 Å². The Morgan fingerprint density at radius 3 is 2.61 bits per heavy atom.